The van der Waals surface area contributed by atoms with Gasteiger partial charge in [0.25, 0.3) is 5.91 Å². The van der Waals surface area contributed by atoms with E-state index < -0.39 is 15.8 Å². The van der Waals surface area contributed by atoms with Gasteiger partial charge in [-0.05, 0) is 56.2 Å². The number of nitrogens with one attached hydrogen (secondary N) is 1. The minimum absolute atomic E-state index is 0.00464. The summed E-state index contributed by atoms with van der Waals surface area (Å²) in [5.74, 6) is -1.22. The number of halogens is 1. The SMILES string of the molecule is CC(=O)c1ccc(S(=O)(=O)N(C)CC(=O)N2CCC(NC(=O)c3ccc(F)cc3)CC2)cc1. The number of likely N-dealkylation sites (tertiary alicyclic amines) is 1. The highest BCUT2D eigenvalue weighted by Gasteiger charge is 2.28. The number of nitrogens with zero attached hydrogens (tertiary/aromatic N) is 2. The molecule has 1 aliphatic heterocycles. The Labute approximate surface area is 192 Å². The van der Waals surface area contributed by atoms with E-state index in [0.717, 1.165) is 4.31 Å². The van der Waals surface area contributed by atoms with Crippen molar-refractivity contribution in [2.45, 2.75) is 30.7 Å². The average molecular weight is 476 g/mol. The molecule has 2 aromatic carbocycles. The van der Waals surface area contributed by atoms with Crippen molar-refractivity contribution in [1.82, 2.24) is 14.5 Å². The number of amides is 2. The van der Waals surface area contributed by atoms with Gasteiger partial charge in [0, 0.05) is 37.3 Å². The number of carbonyl (C=O) groups excluding carboxylic acids is 3. The van der Waals surface area contributed by atoms with E-state index in [9.17, 15) is 27.2 Å². The highest BCUT2D eigenvalue weighted by Crippen LogP contribution is 2.17. The van der Waals surface area contributed by atoms with E-state index in [0.29, 0.717) is 37.1 Å². The van der Waals surface area contributed by atoms with Crippen molar-refractivity contribution >= 4 is 27.6 Å². The van der Waals surface area contributed by atoms with Gasteiger partial charge in [-0.15, -0.1) is 0 Å². The Morgan fingerprint density at radius 1 is 1.00 bits per heavy atom. The average Bonchev–Trinajstić information content (AvgIpc) is 2.79. The van der Waals surface area contributed by atoms with Crippen molar-refractivity contribution in [2.24, 2.45) is 0 Å². The molecule has 1 heterocycles. The first-order valence-corrected chi connectivity index (χ1v) is 11.9. The monoisotopic (exact) mass is 475 g/mol. The highest BCUT2D eigenvalue weighted by molar-refractivity contribution is 7.89. The number of Topliss-reactive ketones (excluding diaryl/α,β-unsaturated/α-hetero) is 1. The third-order valence-electron chi connectivity index (χ3n) is 5.62. The van der Waals surface area contributed by atoms with Gasteiger partial charge in [0.2, 0.25) is 15.9 Å². The van der Waals surface area contributed by atoms with Crippen LogP contribution in [0.3, 0.4) is 0 Å². The van der Waals surface area contributed by atoms with Crippen LogP contribution < -0.4 is 5.32 Å². The fourth-order valence-corrected chi connectivity index (χ4v) is 4.68. The molecule has 0 saturated carbocycles. The Morgan fingerprint density at radius 2 is 1.55 bits per heavy atom. The molecule has 10 heteroatoms. The zero-order chi connectivity index (χ0) is 24.2. The quantitative estimate of drug-likeness (QED) is 0.618. The summed E-state index contributed by atoms with van der Waals surface area (Å²) in [6, 6.07) is 10.7. The lowest BCUT2D eigenvalue weighted by Gasteiger charge is -2.33. The maximum atomic E-state index is 13.0. The molecule has 1 N–H and O–H groups in total. The van der Waals surface area contributed by atoms with E-state index in [2.05, 4.69) is 5.32 Å². The lowest BCUT2D eigenvalue weighted by molar-refractivity contribution is -0.132. The smallest absolute Gasteiger partial charge is 0.251 e. The third-order valence-corrected chi connectivity index (χ3v) is 7.43. The number of hydrogen-bond acceptors (Lipinski definition) is 5. The Balaban J connectivity index is 1.52. The van der Waals surface area contributed by atoms with Crippen LogP contribution in [0.4, 0.5) is 4.39 Å². The molecule has 0 aromatic heterocycles. The normalized spacial score (nSPS) is 14.8. The molecule has 0 unspecified atom stereocenters. The second-order valence-corrected chi connectivity index (χ2v) is 10.0. The minimum Gasteiger partial charge on any atom is -0.349 e. The van der Waals surface area contributed by atoms with Crippen molar-refractivity contribution in [3.8, 4) is 0 Å². The maximum absolute atomic E-state index is 13.0. The lowest BCUT2D eigenvalue weighted by atomic mass is 10.0. The predicted molar refractivity (Wildman–Crippen MR) is 120 cm³/mol. The molecule has 0 aliphatic carbocycles. The number of piperidine rings is 1. The second kappa shape index (κ2) is 10.2. The van der Waals surface area contributed by atoms with E-state index in [1.54, 1.807) is 4.90 Å². The largest absolute Gasteiger partial charge is 0.349 e. The fourth-order valence-electron chi connectivity index (χ4n) is 3.56. The number of carbonyl (C=O) groups is 3. The van der Waals surface area contributed by atoms with Crippen LogP contribution in [0.2, 0.25) is 0 Å². The number of sulfonamides is 1. The van der Waals surface area contributed by atoms with Crippen LogP contribution in [0.25, 0.3) is 0 Å². The summed E-state index contributed by atoms with van der Waals surface area (Å²) in [6.07, 6.45) is 1.06. The van der Waals surface area contributed by atoms with Crippen molar-refractivity contribution < 1.29 is 27.2 Å². The summed E-state index contributed by atoms with van der Waals surface area (Å²) in [4.78, 5) is 37.9. The molecule has 33 heavy (non-hydrogen) atoms. The Bertz CT molecular complexity index is 1130. The molecule has 8 nitrogen and oxygen atoms in total. The standard InChI is InChI=1S/C23H26FN3O5S/c1-16(28)17-5-9-21(10-6-17)33(31,32)26(2)15-22(29)27-13-11-20(12-14-27)25-23(30)18-3-7-19(24)8-4-18/h3-10,20H,11-15H2,1-2H3,(H,25,30). The molecule has 3 rings (SSSR count). The fraction of sp³-hybridized carbons (Fsp3) is 0.348. The van der Waals surface area contributed by atoms with Gasteiger partial charge in [0.05, 0.1) is 11.4 Å². The molecule has 1 aliphatic rings. The van der Waals surface area contributed by atoms with Crippen LogP contribution in [0, 0.1) is 5.82 Å². The summed E-state index contributed by atoms with van der Waals surface area (Å²) in [5, 5.41) is 2.88. The van der Waals surface area contributed by atoms with Gasteiger partial charge in [-0.3, -0.25) is 14.4 Å². The van der Waals surface area contributed by atoms with E-state index in [1.165, 1.54) is 62.5 Å². The zero-order valence-corrected chi connectivity index (χ0v) is 19.3. The van der Waals surface area contributed by atoms with Crippen molar-refractivity contribution in [3.05, 3.63) is 65.5 Å². The number of benzene rings is 2. The molecule has 2 amide bonds. The summed E-state index contributed by atoms with van der Waals surface area (Å²) >= 11 is 0. The number of rotatable bonds is 7. The first-order valence-electron chi connectivity index (χ1n) is 10.5. The molecule has 0 spiro atoms. The van der Waals surface area contributed by atoms with E-state index >= 15 is 0 Å². The van der Waals surface area contributed by atoms with Crippen LogP contribution in [-0.2, 0) is 14.8 Å². The Morgan fingerprint density at radius 3 is 2.09 bits per heavy atom. The van der Waals surface area contributed by atoms with Gasteiger partial charge in [0.1, 0.15) is 5.82 Å². The molecule has 1 fully saturated rings. The van der Waals surface area contributed by atoms with Gasteiger partial charge in [0.15, 0.2) is 5.78 Å². The Kier molecular flexibility index (Phi) is 7.60. The number of ketones is 1. The van der Waals surface area contributed by atoms with Crippen molar-refractivity contribution in [2.75, 3.05) is 26.7 Å². The zero-order valence-electron chi connectivity index (χ0n) is 18.5. The minimum atomic E-state index is -3.88. The van der Waals surface area contributed by atoms with Crippen molar-refractivity contribution in [3.63, 3.8) is 0 Å². The topological polar surface area (TPSA) is 104 Å². The van der Waals surface area contributed by atoms with Crippen LogP contribution in [0.5, 0.6) is 0 Å². The molecular formula is C23H26FN3O5S. The van der Waals surface area contributed by atoms with Crippen LogP contribution >= 0.6 is 0 Å². The molecule has 176 valence electrons. The van der Waals surface area contributed by atoms with Gasteiger partial charge in [-0.1, -0.05) is 12.1 Å². The van der Waals surface area contributed by atoms with Crippen molar-refractivity contribution in [1.29, 1.82) is 0 Å². The number of hydrogen-bond donors (Lipinski definition) is 1. The number of likely N-dealkylation sites (N-methyl/N-ethyl adjacent to an activating group) is 1. The second-order valence-electron chi connectivity index (χ2n) is 7.98. The molecule has 1 saturated heterocycles. The summed E-state index contributed by atoms with van der Waals surface area (Å²) in [6.45, 7) is 1.85. The first kappa shape index (κ1) is 24.5. The lowest BCUT2D eigenvalue weighted by Crippen LogP contribution is -2.49. The van der Waals surface area contributed by atoms with Gasteiger partial charge >= 0.3 is 0 Å². The summed E-state index contributed by atoms with van der Waals surface area (Å²) in [5.41, 5.74) is 0.764. The van der Waals surface area contributed by atoms with Gasteiger partial charge in [-0.2, -0.15) is 4.31 Å². The molecule has 0 bridgehead atoms. The molecular weight excluding hydrogens is 449 g/mol. The van der Waals surface area contributed by atoms with E-state index in [4.69, 9.17) is 0 Å². The van der Waals surface area contributed by atoms with Gasteiger partial charge < -0.3 is 10.2 Å². The van der Waals surface area contributed by atoms with Gasteiger partial charge in [-0.25, -0.2) is 12.8 Å². The third kappa shape index (κ3) is 6.02. The van der Waals surface area contributed by atoms with E-state index in [-0.39, 0.29) is 35.1 Å². The summed E-state index contributed by atoms with van der Waals surface area (Å²) in [7, 11) is -2.55. The highest BCUT2D eigenvalue weighted by atomic mass is 32.2. The molecule has 0 radical (unpaired) electrons. The summed E-state index contributed by atoms with van der Waals surface area (Å²) < 4.78 is 39.5. The van der Waals surface area contributed by atoms with Crippen LogP contribution in [0.1, 0.15) is 40.5 Å². The maximum Gasteiger partial charge on any atom is 0.251 e. The molecule has 0 atom stereocenters. The predicted octanol–water partition coefficient (Wildman–Crippen LogP) is 2.07. The van der Waals surface area contributed by atoms with Crippen LogP contribution in [-0.4, -0.2) is 67.9 Å². The Hall–Kier alpha value is -3.11. The van der Waals surface area contributed by atoms with E-state index in [1.807, 2.05) is 0 Å². The van der Waals surface area contributed by atoms with Crippen LogP contribution in [0.15, 0.2) is 53.4 Å². The molecule has 2 aromatic rings. The first-order chi connectivity index (χ1) is 15.6.